The van der Waals surface area contributed by atoms with Crippen LogP contribution in [0.2, 0.25) is 0 Å². The molecule has 0 bridgehead atoms. The number of anilines is 1. The Hall–Kier alpha value is -2.34. The van der Waals surface area contributed by atoms with Crippen LogP contribution in [0.15, 0.2) is 53.4 Å². The van der Waals surface area contributed by atoms with E-state index < -0.39 is 10.0 Å². The predicted molar refractivity (Wildman–Crippen MR) is 91.2 cm³/mol. The maximum atomic E-state index is 12.8. The summed E-state index contributed by atoms with van der Waals surface area (Å²) in [7, 11) is 1.03. The summed E-state index contributed by atoms with van der Waals surface area (Å²) in [4.78, 5) is 13.5. The molecule has 6 heteroatoms. The molecule has 0 heterocycles. The van der Waals surface area contributed by atoms with Crippen LogP contribution in [-0.4, -0.2) is 40.4 Å². The van der Waals surface area contributed by atoms with E-state index in [1.807, 2.05) is 19.1 Å². The third-order valence-electron chi connectivity index (χ3n) is 3.60. The predicted octanol–water partition coefficient (Wildman–Crippen LogP) is 2.52. The molecule has 0 saturated heterocycles. The zero-order valence-corrected chi connectivity index (χ0v) is 14.5. The molecule has 5 nitrogen and oxygen atoms in total. The van der Waals surface area contributed by atoms with E-state index in [1.54, 1.807) is 38.4 Å². The normalized spacial score (nSPS) is 11.1. The molecule has 23 heavy (non-hydrogen) atoms. The summed E-state index contributed by atoms with van der Waals surface area (Å²) in [5, 5.41) is 0. The maximum absolute atomic E-state index is 12.8. The number of benzene rings is 2. The molecule has 0 atom stereocenters. The van der Waals surface area contributed by atoms with Crippen molar-refractivity contribution in [1.29, 1.82) is 0 Å². The Bertz CT molecular complexity index is 829. The zero-order valence-electron chi connectivity index (χ0n) is 13.6. The van der Waals surface area contributed by atoms with Gasteiger partial charge in [-0.3, -0.25) is 9.10 Å². The lowest BCUT2D eigenvalue weighted by atomic mass is 10.2. The molecule has 0 aromatic heterocycles. The lowest BCUT2D eigenvalue weighted by Crippen LogP contribution is -2.28. The summed E-state index contributed by atoms with van der Waals surface area (Å²) in [5.74, 6) is -0.236. The average molecular weight is 332 g/mol. The fourth-order valence-corrected chi connectivity index (χ4v) is 3.56. The first-order valence-electron chi connectivity index (χ1n) is 7.11. The Morgan fingerprint density at radius 2 is 1.61 bits per heavy atom. The second-order valence-electron chi connectivity index (χ2n) is 5.49. The van der Waals surface area contributed by atoms with E-state index in [9.17, 15) is 13.2 Å². The van der Waals surface area contributed by atoms with Gasteiger partial charge in [-0.1, -0.05) is 24.3 Å². The van der Waals surface area contributed by atoms with Gasteiger partial charge in [-0.2, -0.15) is 0 Å². The number of sulfonamides is 1. The third-order valence-corrected chi connectivity index (χ3v) is 5.37. The highest BCUT2D eigenvalue weighted by Gasteiger charge is 2.23. The van der Waals surface area contributed by atoms with Gasteiger partial charge in [0.2, 0.25) is 0 Å². The first kappa shape index (κ1) is 17.0. The molecule has 0 N–H and O–H groups in total. The van der Waals surface area contributed by atoms with Crippen molar-refractivity contribution in [3.8, 4) is 0 Å². The van der Waals surface area contributed by atoms with E-state index >= 15 is 0 Å². The van der Waals surface area contributed by atoms with E-state index in [0.717, 1.165) is 5.56 Å². The molecule has 1 amide bonds. The number of nitrogens with zero attached hydrogens (tertiary/aromatic N) is 2. The molecule has 0 saturated carbocycles. The number of carbonyl (C=O) groups is 1. The van der Waals surface area contributed by atoms with Crippen LogP contribution in [0.1, 0.15) is 15.9 Å². The molecule has 0 radical (unpaired) electrons. The Morgan fingerprint density at radius 3 is 2.22 bits per heavy atom. The first-order chi connectivity index (χ1) is 10.7. The topological polar surface area (TPSA) is 57.7 Å². The second kappa shape index (κ2) is 6.42. The third kappa shape index (κ3) is 3.37. The summed E-state index contributed by atoms with van der Waals surface area (Å²) in [6, 6.07) is 13.3. The second-order valence-corrected chi connectivity index (χ2v) is 7.46. The van der Waals surface area contributed by atoms with Crippen LogP contribution in [0, 0.1) is 6.92 Å². The van der Waals surface area contributed by atoms with Crippen molar-refractivity contribution in [2.45, 2.75) is 11.8 Å². The highest BCUT2D eigenvalue weighted by molar-refractivity contribution is 7.92. The number of carbonyl (C=O) groups excluding carboxylic acids is 1. The van der Waals surface area contributed by atoms with Crippen LogP contribution in [0.4, 0.5) is 5.69 Å². The number of hydrogen-bond acceptors (Lipinski definition) is 3. The number of rotatable bonds is 4. The van der Waals surface area contributed by atoms with Gasteiger partial charge >= 0.3 is 0 Å². The molecule has 0 aliphatic carbocycles. The highest BCUT2D eigenvalue weighted by atomic mass is 32.2. The fraction of sp³-hybridized carbons (Fsp3) is 0.235. The minimum atomic E-state index is -3.73. The largest absolute Gasteiger partial charge is 0.345 e. The molecule has 0 aliphatic rings. The van der Waals surface area contributed by atoms with Gasteiger partial charge in [0, 0.05) is 26.7 Å². The van der Waals surface area contributed by atoms with Gasteiger partial charge < -0.3 is 4.90 Å². The van der Waals surface area contributed by atoms with Crippen LogP contribution >= 0.6 is 0 Å². The van der Waals surface area contributed by atoms with E-state index in [-0.39, 0.29) is 10.8 Å². The van der Waals surface area contributed by atoms with Crippen LogP contribution in [0.3, 0.4) is 0 Å². The molecule has 2 aromatic carbocycles. The van der Waals surface area contributed by atoms with Gasteiger partial charge in [0.1, 0.15) is 0 Å². The van der Waals surface area contributed by atoms with E-state index in [0.29, 0.717) is 11.3 Å². The fourth-order valence-electron chi connectivity index (χ4n) is 2.25. The summed E-state index contributed by atoms with van der Waals surface area (Å²) in [6.45, 7) is 1.85. The maximum Gasteiger partial charge on any atom is 0.264 e. The van der Waals surface area contributed by atoms with Crippen molar-refractivity contribution >= 4 is 21.6 Å². The molecule has 0 fully saturated rings. The van der Waals surface area contributed by atoms with Crippen molar-refractivity contribution in [3.05, 3.63) is 59.7 Å². The first-order valence-corrected chi connectivity index (χ1v) is 8.55. The van der Waals surface area contributed by atoms with Crippen LogP contribution < -0.4 is 4.31 Å². The van der Waals surface area contributed by atoms with Crippen molar-refractivity contribution in [2.24, 2.45) is 0 Å². The van der Waals surface area contributed by atoms with Gasteiger partial charge in [0.25, 0.3) is 15.9 Å². The standard InChI is InChI=1S/C17H20N2O3S/c1-13-8-5-6-11-16(13)19(4)23(21,22)15-10-7-9-14(12-15)17(20)18(2)3/h5-12H,1-4H3. The van der Waals surface area contributed by atoms with Crippen molar-refractivity contribution in [2.75, 3.05) is 25.4 Å². The Balaban J connectivity index is 2.46. The van der Waals surface area contributed by atoms with Crippen LogP contribution in [-0.2, 0) is 10.0 Å². The summed E-state index contributed by atoms with van der Waals surface area (Å²) < 4.78 is 26.9. The number of amides is 1. The van der Waals surface area contributed by atoms with Gasteiger partial charge in [-0.25, -0.2) is 8.42 Å². The van der Waals surface area contributed by atoms with Crippen molar-refractivity contribution in [3.63, 3.8) is 0 Å². The molecular formula is C17H20N2O3S. The van der Waals surface area contributed by atoms with Crippen LogP contribution in [0.5, 0.6) is 0 Å². The lowest BCUT2D eigenvalue weighted by molar-refractivity contribution is 0.0827. The zero-order chi connectivity index (χ0) is 17.2. The quantitative estimate of drug-likeness (QED) is 0.864. The SMILES string of the molecule is Cc1ccccc1N(C)S(=O)(=O)c1cccc(C(=O)N(C)C)c1. The van der Waals surface area contributed by atoms with Gasteiger partial charge in [-0.05, 0) is 36.8 Å². The lowest BCUT2D eigenvalue weighted by Gasteiger charge is -2.21. The molecule has 0 unspecified atom stereocenters. The van der Waals surface area contributed by atoms with Crippen molar-refractivity contribution in [1.82, 2.24) is 4.90 Å². The molecule has 0 spiro atoms. The van der Waals surface area contributed by atoms with Crippen LogP contribution in [0.25, 0.3) is 0 Å². The van der Waals surface area contributed by atoms with Gasteiger partial charge in [-0.15, -0.1) is 0 Å². The number of para-hydroxylation sites is 1. The van der Waals surface area contributed by atoms with E-state index in [4.69, 9.17) is 0 Å². The molecule has 2 aromatic rings. The monoisotopic (exact) mass is 332 g/mol. The summed E-state index contributed by atoms with van der Waals surface area (Å²) >= 11 is 0. The van der Waals surface area contributed by atoms with E-state index in [1.165, 1.54) is 28.4 Å². The van der Waals surface area contributed by atoms with E-state index in [2.05, 4.69) is 0 Å². The average Bonchev–Trinajstić information content (AvgIpc) is 2.54. The smallest absolute Gasteiger partial charge is 0.264 e. The number of aryl methyl sites for hydroxylation is 1. The number of hydrogen-bond donors (Lipinski definition) is 0. The molecule has 0 aliphatic heterocycles. The Labute approximate surface area is 137 Å². The minimum absolute atomic E-state index is 0.0935. The molecular weight excluding hydrogens is 312 g/mol. The Morgan fingerprint density at radius 1 is 0.957 bits per heavy atom. The molecule has 2 rings (SSSR count). The molecule has 122 valence electrons. The minimum Gasteiger partial charge on any atom is -0.345 e. The highest BCUT2D eigenvalue weighted by Crippen LogP contribution is 2.25. The van der Waals surface area contributed by atoms with Crippen molar-refractivity contribution < 1.29 is 13.2 Å². The summed E-state index contributed by atoms with van der Waals surface area (Å²) in [5.41, 5.74) is 1.81. The van der Waals surface area contributed by atoms with Gasteiger partial charge in [0.05, 0.1) is 10.6 Å². The summed E-state index contributed by atoms with van der Waals surface area (Å²) in [6.07, 6.45) is 0. The Kier molecular flexibility index (Phi) is 4.75. The van der Waals surface area contributed by atoms with Gasteiger partial charge in [0.15, 0.2) is 0 Å².